The van der Waals surface area contributed by atoms with Crippen molar-refractivity contribution in [3.8, 4) is 11.5 Å². The Morgan fingerprint density at radius 2 is 2.00 bits per heavy atom. The summed E-state index contributed by atoms with van der Waals surface area (Å²) in [6, 6.07) is 5.94. The lowest BCUT2D eigenvalue weighted by Crippen LogP contribution is -2.29. The first-order valence-corrected chi connectivity index (χ1v) is 7.48. The van der Waals surface area contributed by atoms with Gasteiger partial charge in [0.1, 0.15) is 11.5 Å². The summed E-state index contributed by atoms with van der Waals surface area (Å²) in [4.78, 5) is 12.0. The van der Waals surface area contributed by atoms with Crippen LogP contribution in [0.5, 0.6) is 11.5 Å². The van der Waals surface area contributed by atoms with Crippen LogP contribution in [0.2, 0.25) is 0 Å². The molecule has 0 atom stereocenters. The third kappa shape index (κ3) is 4.63. The highest BCUT2D eigenvalue weighted by molar-refractivity contribution is 5.92. The highest BCUT2D eigenvalue weighted by atomic mass is 16.5. The standard InChI is InChI=1S/C16H24N2O3/c1-20-13-7-8-14(15(11-13)21-2)18-16(19)9-10-17-12-5-3-4-6-12/h7-8,11-12,17H,3-6,9-10H2,1-2H3,(H,18,19). The Labute approximate surface area is 126 Å². The van der Waals surface area contributed by atoms with Crippen molar-refractivity contribution in [1.82, 2.24) is 5.32 Å². The molecule has 1 saturated carbocycles. The summed E-state index contributed by atoms with van der Waals surface area (Å²) in [5.41, 5.74) is 0.671. The molecule has 2 rings (SSSR count). The van der Waals surface area contributed by atoms with E-state index in [1.54, 1.807) is 32.4 Å². The van der Waals surface area contributed by atoms with Crippen LogP contribution in [0.15, 0.2) is 18.2 Å². The molecule has 0 heterocycles. The number of rotatable bonds is 7. The van der Waals surface area contributed by atoms with E-state index in [0.29, 0.717) is 29.6 Å². The van der Waals surface area contributed by atoms with Crippen molar-refractivity contribution < 1.29 is 14.3 Å². The lowest BCUT2D eigenvalue weighted by Gasteiger charge is -2.13. The van der Waals surface area contributed by atoms with Gasteiger partial charge in [-0.05, 0) is 25.0 Å². The Kier molecular flexibility index (Phi) is 5.87. The highest BCUT2D eigenvalue weighted by Gasteiger charge is 2.14. The predicted octanol–water partition coefficient (Wildman–Crippen LogP) is 2.56. The van der Waals surface area contributed by atoms with Gasteiger partial charge in [-0.2, -0.15) is 0 Å². The van der Waals surface area contributed by atoms with Crippen molar-refractivity contribution in [3.63, 3.8) is 0 Å². The van der Waals surface area contributed by atoms with E-state index >= 15 is 0 Å². The Hall–Kier alpha value is -1.75. The van der Waals surface area contributed by atoms with E-state index < -0.39 is 0 Å². The zero-order chi connectivity index (χ0) is 15.1. The number of carbonyl (C=O) groups is 1. The van der Waals surface area contributed by atoms with Gasteiger partial charge in [-0.1, -0.05) is 12.8 Å². The molecule has 1 fully saturated rings. The Bertz CT molecular complexity index is 471. The highest BCUT2D eigenvalue weighted by Crippen LogP contribution is 2.29. The summed E-state index contributed by atoms with van der Waals surface area (Å²) in [5, 5.41) is 6.31. The molecular formula is C16H24N2O3. The zero-order valence-electron chi connectivity index (χ0n) is 12.8. The number of anilines is 1. The van der Waals surface area contributed by atoms with E-state index in [0.717, 1.165) is 6.54 Å². The normalized spacial score (nSPS) is 15.0. The minimum atomic E-state index is -0.0102. The third-order valence-corrected chi connectivity index (χ3v) is 3.82. The van der Waals surface area contributed by atoms with Crippen LogP contribution < -0.4 is 20.1 Å². The largest absolute Gasteiger partial charge is 0.497 e. The van der Waals surface area contributed by atoms with Crippen LogP contribution in [0.1, 0.15) is 32.1 Å². The van der Waals surface area contributed by atoms with Gasteiger partial charge in [0.05, 0.1) is 19.9 Å². The Morgan fingerprint density at radius 3 is 2.67 bits per heavy atom. The second kappa shape index (κ2) is 7.88. The molecule has 2 N–H and O–H groups in total. The van der Waals surface area contributed by atoms with Gasteiger partial charge in [-0.15, -0.1) is 0 Å². The number of carbonyl (C=O) groups excluding carboxylic acids is 1. The fourth-order valence-corrected chi connectivity index (χ4v) is 2.63. The van der Waals surface area contributed by atoms with E-state index in [1.807, 2.05) is 0 Å². The lowest BCUT2D eigenvalue weighted by molar-refractivity contribution is -0.116. The summed E-state index contributed by atoms with van der Waals surface area (Å²) >= 11 is 0. The maximum absolute atomic E-state index is 12.0. The van der Waals surface area contributed by atoms with Crippen LogP contribution >= 0.6 is 0 Å². The van der Waals surface area contributed by atoms with Crippen LogP contribution in [0.4, 0.5) is 5.69 Å². The Balaban J connectivity index is 1.81. The van der Waals surface area contributed by atoms with E-state index in [4.69, 9.17) is 9.47 Å². The number of benzene rings is 1. The molecule has 116 valence electrons. The number of ether oxygens (including phenoxy) is 2. The number of amides is 1. The van der Waals surface area contributed by atoms with Gasteiger partial charge in [-0.25, -0.2) is 0 Å². The van der Waals surface area contributed by atoms with E-state index in [9.17, 15) is 4.79 Å². The van der Waals surface area contributed by atoms with Gasteiger partial charge < -0.3 is 20.1 Å². The fourth-order valence-electron chi connectivity index (χ4n) is 2.63. The maximum atomic E-state index is 12.0. The fraction of sp³-hybridized carbons (Fsp3) is 0.562. The molecule has 1 amide bonds. The number of methoxy groups -OCH3 is 2. The summed E-state index contributed by atoms with van der Waals surface area (Å²) in [7, 11) is 3.17. The molecule has 0 saturated heterocycles. The van der Waals surface area contributed by atoms with Crippen molar-refractivity contribution in [2.24, 2.45) is 0 Å². The SMILES string of the molecule is COc1ccc(NC(=O)CCNC2CCCC2)c(OC)c1. The smallest absolute Gasteiger partial charge is 0.225 e. The molecule has 0 aliphatic heterocycles. The Morgan fingerprint density at radius 1 is 1.24 bits per heavy atom. The molecule has 21 heavy (non-hydrogen) atoms. The van der Waals surface area contributed by atoms with Gasteiger partial charge in [0.15, 0.2) is 0 Å². The van der Waals surface area contributed by atoms with Crippen LogP contribution in [-0.4, -0.2) is 32.7 Å². The third-order valence-electron chi connectivity index (χ3n) is 3.82. The molecule has 0 aromatic heterocycles. The minimum absolute atomic E-state index is 0.0102. The maximum Gasteiger partial charge on any atom is 0.225 e. The molecule has 1 aromatic rings. The minimum Gasteiger partial charge on any atom is -0.497 e. The van der Waals surface area contributed by atoms with Crippen molar-refractivity contribution >= 4 is 11.6 Å². The van der Waals surface area contributed by atoms with E-state index in [-0.39, 0.29) is 5.91 Å². The quantitative estimate of drug-likeness (QED) is 0.811. The summed E-state index contributed by atoms with van der Waals surface area (Å²) in [6.07, 6.45) is 5.52. The van der Waals surface area contributed by atoms with Crippen LogP contribution in [0.3, 0.4) is 0 Å². The average Bonchev–Trinajstić information content (AvgIpc) is 3.01. The molecular weight excluding hydrogens is 268 g/mol. The molecule has 0 radical (unpaired) electrons. The van der Waals surface area contributed by atoms with Crippen molar-refractivity contribution in [1.29, 1.82) is 0 Å². The first-order chi connectivity index (χ1) is 10.2. The van der Waals surface area contributed by atoms with Gasteiger partial charge in [0, 0.05) is 25.1 Å². The van der Waals surface area contributed by atoms with Gasteiger partial charge in [0.2, 0.25) is 5.91 Å². The van der Waals surface area contributed by atoms with E-state index in [2.05, 4.69) is 10.6 Å². The second-order valence-electron chi connectivity index (χ2n) is 5.30. The molecule has 0 bridgehead atoms. The summed E-state index contributed by atoms with van der Waals surface area (Å²) in [6.45, 7) is 0.717. The first kappa shape index (κ1) is 15.6. The molecule has 1 aliphatic carbocycles. The number of hydrogen-bond donors (Lipinski definition) is 2. The first-order valence-electron chi connectivity index (χ1n) is 7.48. The van der Waals surface area contributed by atoms with Crippen molar-refractivity contribution in [2.45, 2.75) is 38.1 Å². The topological polar surface area (TPSA) is 59.6 Å². The summed E-state index contributed by atoms with van der Waals surface area (Å²) in [5.74, 6) is 1.29. The zero-order valence-corrected chi connectivity index (χ0v) is 12.8. The monoisotopic (exact) mass is 292 g/mol. The molecule has 0 unspecified atom stereocenters. The van der Waals surface area contributed by atoms with Crippen LogP contribution in [0, 0.1) is 0 Å². The molecule has 0 spiro atoms. The predicted molar refractivity (Wildman–Crippen MR) is 83.1 cm³/mol. The van der Waals surface area contributed by atoms with E-state index in [1.165, 1.54) is 25.7 Å². The van der Waals surface area contributed by atoms with Gasteiger partial charge >= 0.3 is 0 Å². The average molecular weight is 292 g/mol. The molecule has 1 aliphatic rings. The second-order valence-corrected chi connectivity index (χ2v) is 5.30. The lowest BCUT2D eigenvalue weighted by atomic mass is 10.2. The molecule has 1 aromatic carbocycles. The number of hydrogen-bond acceptors (Lipinski definition) is 4. The molecule has 5 heteroatoms. The summed E-state index contributed by atoms with van der Waals surface area (Å²) < 4.78 is 10.4. The molecule has 5 nitrogen and oxygen atoms in total. The van der Waals surface area contributed by atoms with Crippen molar-refractivity contribution in [3.05, 3.63) is 18.2 Å². The van der Waals surface area contributed by atoms with Gasteiger partial charge in [-0.3, -0.25) is 4.79 Å². The van der Waals surface area contributed by atoms with Gasteiger partial charge in [0.25, 0.3) is 0 Å². The van der Waals surface area contributed by atoms with Crippen molar-refractivity contribution in [2.75, 3.05) is 26.1 Å². The van der Waals surface area contributed by atoms with Crippen LogP contribution in [-0.2, 0) is 4.79 Å². The number of nitrogens with one attached hydrogen (secondary N) is 2. The van der Waals surface area contributed by atoms with Crippen LogP contribution in [0.25, 0.3) is 0 Å².